The highest BCUT2D eigenvalue weighted by Gasteiger charge is 2.33. The van der Waals surface area contributed by atoms with Gasteiger partial charge in [0.15, 0.2) is 0 Å². The SMILES string of the molecule is CCn1c(N2CCC(C)CC2)c(/C=C2\SC(=S)N(Cc3ccc(F)cc3)C2=O)c(C)c(C#N)c1=O. The smallest absolute Gasteiger partial charge is 0.270 e. The third-order valence-corrected chi connectivity index (χ3v) is 8.03. The molecule has 1 amide bonds. The van der Waals surface area contributed by atoms with Crippen LogP contribution in [-0.2, 0) is 17.9 Å². The number of aromatic nitrogens is 1. The number of benzene rings is 1. The van der Waals surface area contributed by atoms with Crippen molar-refractivity contribution in [3.63, 3.8) is 0 Å². The quantitative estimate of drug-likeness (QED) is 0.424. The topological polar surface area (TPSA) is 69.3 Å². The van der Waals surface area contributed by atoms with Gasteiger partial charge in [-0.25, -0.2) is 4.39 Å². The number of thiocarbonyl (C=S) groups is 1. The molecule has 0 radical (unpaired) electrons. The Kier molecular flexibility index (Phi) is 7.43. The van der Waals surface area contributed by atoms with Crippen LogP contribution in [0.25, 0.3) is 6.08 Å². The number of rotatable bonds is 5. The minimum Gasteiger partial charge on any atom is -0.357 e. The van der Waals surface area contributed by atoms with E-state index in [1.165, 1.54) is 28.8 Å². The van der Waals surface area contributed by atoms with Gasteiger partial charge in [-0.3, -0.25) is 19.1 Å². The number of nitriles is 1. The predicted molar refractivity (Wildman–Crippen MR) is 142 cm³/mol. The van der Waals surface area contributed by atoms with Crippen molar-refractivity contribution < 1.29 is 9.18 Å². The maximum Gasteiger partial charge on any atom is 0.270 e. The molecule has 35 heavy (non-hydrogen) atoms. The van der Waals surface area contributed by atoms with Crippen LogP contribution < -0.4 is 10.5 Å². The third kappa shape index (κ3) is 4.91. The molecule has 2 aliphatic heterocycles. The van der Waals surface area contributed by atoms with Crippen LogP contribution in [0.15, 0.2) is 34.0 Å². The van der Waals surface area contributed by atoms with Gasteiger partial charge in [-0.1, -0.05) is 43.0 Å². The summed E-state index contributed by atoms with van der Waals surface area (Å²) in [4.78, 5) is 30.6. The zero-order valence-electron chi connectivity index (χ0n) is 20.0. The molecule has 4 rings (SSSR count). The summed E-state index contributed by atoms with van der Waals surface area (Å²) in [6.45, 7) is 8.15. The van der Waals surface area contributed by atoms with E-state index in [1.807, 2.05) is 6.92 Å². The highest BCUT2D eigenvalue weighted by molar-refractivity contribution is 8.26. The van der Waals surface area contributed by atoms with E-state index in [0.717, 1.165) is 37.3 Å². The molecule has 0 saturated carbocycles. The molecule has 0 aliphatic carbocycles. The second-order valence-electron chi connectivity index (χ2n) is 8.96. The van der Waals surface area contributed by atoms with E-state index in [1.54, 1.807) is 29.7 Å². The summed E-state index contributed by atoms with van der Waals surface area (Å²) >= 11 is 6.69. The minimum absolute atomic E-state index is 0.0917. The summed E-state index contributed by atoms with van der Waals surface area (Å²) in [6.07, 6.45) is 3.80. The van der Waals surface area contributed by atoms with Crippen LogP contribution in [0.2, 0.25) is 0 Å². The standard InChI is InChI=1S/C26H27FN4O2S2/c1-4-30-23(29-11-9-16(2)10-12-29)20(17(3)21(14-28)24(30)32)13-22-25(33)31(26(34)35-22)15-18-5-7-19(27)8-6-18/h5-8,13,16H,4,9-12,15H2,1-3H3/b22-13-. The normalized spacial score (nSPS) is 18.0. The molecule has 3 heterocycles. The first-order valence-corrected chi connectivity index (χ1v) is 12.9. The molecule has 0 unspecified atom stereocenters. The number of hydrogen-bond donors (Lipinski definition) is 0. The largest absolute Gasteiger partial charge is 0.357 e. The molecule has 0 N–H and O–H groups in total. The van der Waals surface area contributed by atoms with Crippen LogP contribution in [0.5, 0.6) is 0 Å². The molecular weight excluding hydrogens is 483 g/mol. The zero-order valence-corrected chi connectivity index (χ0v) is 21.6. The Morgan fingerprint density at radius 3 is 2.49 bits per heavy atom. The Morgan fingerprint density at radius 2 is 1.89 bits per heavy atom. The van der Waals surface area contributed by atoms with Crippen LogP contribution in [0.3, 0.4) is 0 Å². The number of hydrogen-bond acceptors (Lipinski definition) is 6. The van der Waals surface area contributed by atoms with Crippen molar-refractivity contribution in [3.8, 4) is 6.07 Å². The maximum atomic E-state index is 13.3. The number of carbonyl (C=O) groups excluding carboxylic acids is 1. The number of pyridine rings is 1. The van der Waals surface area contributed by atoms with E-state index < -0.39 is 0 Å². The highest BCUT2D eigenvalue weighted by Crippen LogP contribution is 2.37. The average Bonchev–Trinajstić information content (AvgIpc) is 3.10. The molecule has 2 fully saturated rings. The first-order valence-electron chi connectivity index (χ1n) is 11.7. The van der Waals surface area contributed by atoms with Crippen molar-refractivity contribution >= 4 is 46.1 Å². The van der Waals surface area contributed by atoms with E-state index in [-0.39, 0.29) is 29.4 Å². The third-order valence-electron chi connectivity index (χ3n) is 6.65. The van der Waals surface area contributed by atoms with E-state index in [2.05, 4.69) is 17.9 Å². The number of nitrogens with zero attached hydrogens (tertiary/aromatic N) is 4. The van der Waals surface area contributed by atoms with E-state index in [0.29, 0.717) is 32.8 Å². The fraction of sp³-hybridized carbons (Fsp3) is 0.385. The van der Waals surface area contributed by atoms with Crippen LogP contribution >= 0.6 is 24.0 Å². The van der Waals surface area contributed by atoms with Gasteiger partial charge in [0.2, 0.25) is 0 Å². The molecule has 1 aromatic carbocycles. The lowest BCUT2D eigenvalue weighted by Crippen LogP contribution is -2.39. The zero-order chi connectivity index (χ0) is 25.3. The number of piperidine rings is 1. The average molecular weight is 511 g/mol. The molecule has 1 aromatic heterocycles. The fourth-order valence-electron chi connectivity index (χ4n) is 4.54. The van der Waals surface area contributed by atoms with Crippen molar-refractivity contribution in [2.45, 2.75) is 46.7 Å². The first kappa shape index (κ1) is 25.1. The minimum atomic E-state index is -0.339. The van der Waals surface area contributed by atoms with Crippen molar-refractivity contribution in [1.29, 1.82) is 5.26 Å². The summed E-state index contributed by atoms with van der Waals surface area (Å²) in [6, 6.07) is 8.04. The van der Waals surface area contributed by atoms with Gasteiger partial charge >= 0.3 is 0 Å². The molecule has 0 atom stereocenters. The maximum absolute atomic E-state index is 13.3. The predicted octanol–water partition coefficient (Wildman–Crippen LogP) is 4.83. The molecule has 182 valence electrons. The number of halogens is 1. The number of amides is 1. The lowest BCUT2D eigenvalue weighted by molar-refractivity contribution is -0.122. The molecular formula is C26H27FN4O2S2. The molecule has 2 aliphatic rings. The van der Waals surface area contributed by atoms with Crippen LogP contribution in [-0.4, -0.2) is 32.8 Å². The van der Waals surface area contributed by atoms with Gasteiger partial charge in [0.25, 0.3) is 11.5 Å². The van der Waals surface area contributed by atoms with Crippen molar-refractivity contribution in [3.05, 3.63) is 67.6 Å². The Hall–Kier alpha value is -2.96. The molecule has 6 nitrogen and oxygen atoms in total. The van der Waals surface area contributed by atoms with Crippen LogP contribution in [0.4, 0.5) is 10.2 Å². The van der Waals surface area contributed by atoms with Gasteiger partial charge in [0.05, 0.1) is 11.4 Å². The van der Waals surface area contributed by atoms with Gasteiger partial charge in [0.1, 0.15) is 27.6 Å². The summed E-state index contributed by atoms with van der Waals surface area (Å²) < 4.78 is 15.4. The van der Waals surface area contributed by atoms with E-state index in [9.17, 15) is 19.2 Å². The van der Waals surface area contributed by atoms with Gasteiger partial charge in [-0.2, -0.15) is 5.26 Å². The lowest BCUT2D eigenvalue weighted by atomic mass is 9.97. The highest BCUT2D eigenvalue weighted by atomic mass is 32.2. The van der Waals surface area contributed by atoms with Gasteiger partial charge in [-0.15, -0.1) is 0 Å². The Labute approximate surface area is 214 Å². The number of carbonyl (C=O) groups is 1. The monoisotopic (exact) mass is 510 g/mol. The van der Waals surface area contributed by atoms with Crippen molar-refractivity contribution in [2.75, 3.05) is 18.0 Å². The Bertz CT molecular complexity index is 1300. The summed E-state index contributed by atoms with van der Waals surface area (Å²) in [7, 11) is 0. The van der Waals surface area contributed by atoms with E-state index >= 15 is 0 Å². The number of anilines is 1. The van der Waals surface area contributed by atoms with E-state index in [4.69, 9.17) is 12.2 Å². The Balaban J connectivity index is 1.78. The Morgan fingerprint density at radius 1 is 1.23 bits per heavy atom. The molecule has 2 aromatic rings. The number of thioether (sulfide) groups is 1. The summed E-state index contributed by atoms with van der Waals surface area (Å²) in [5.41, 5.74) is 1.84. The molecule has 9 heteroatoms. The second kappa shape index (κ2) is 10.3. The van der Waals surface area contributed by atoms with Crippen molar-refractivity contribution in [1.82, 2.24) is 9.47 Å². The van der Waals surface area contributed by atoms with Gasteiger partial charge in [-0.05, 0) is 61.9 Å². The molecule has 0 spiro atoms. The summed E-state index contributed by atoms with van der Waals surface area (Å²) in [5, 5.41) is 9.73. The van der Waals surface area contributed by atoms with Crippen LogP contribution in [0.1, 0.15) is 48.9 Å². The fourth-order valence-corrected chi connectivity index (χ4v) is 5.78. The first-order chi connectivity index (χ1) is 16.7. The molecule has 2 saturated heterocycles. The molecule has 0 bridgehead atoms. The van der Waals surface area contributed by atoms with Crippen LogP contribution in [0, 0.1) is 30.0 Å². The van der Waals surface area contributed by atoms with Gasteiger partial charge < -0.3 is 4.90 Å². The van der Waals surface area contributed by atoms with Gasteiger partial charge in [0, 0.05) is 25.2 Å². The van der Waals surface area contributed by atoms with Crippen molar-refractivity contribution in [2.24, 2.45) is 5.92 Å². The summed E-state index contributed by atoms with van der Waals surface area (Å²) in [5.74, 6) is 0.784. The lowest BCUT2D eigenvalue weighted by Gasteiger charge is -2.35. The second-order valence-corrected chi connectivity index (χ2v) is 10.6.